The minimum Gasteiger partial charge on any atom is -0.497 e. The van der Waals surface area contributed by atoms with Gasteiger partial charge in [-0.3, -0.25) is 9.52 Å². The highest BCUT2D eigenvalue weighted by Crippen LogP contribution is 2.24. The number of rotatable bonds is 7. The summed E-state index contributed by atoms with van der Waals surface area (Å²) in [6.07, 6.45) is 0. The van der Waals surface area contributed by atoms with Gasteiger partial charge in [0, 0.05) is 18.3 Å². The molecule has 0 bridgehead atoms. The van der Waals surface area contributed by atoms with Gasteiger partial charge in [-0.15, -0.1) is 0 Å². The lowest BCUT2D eigenvalue weighted by atomic mass is 10.1. The van der Waals surface area contributed by atoms with Crippen LogP contribution in [-0.2, 0) is 10.0 Å². The number of carbonyl (C=O) groups excluding carboxylic acids is 1. The van der Waals surface area contributed by atoms with Crippen molar-refractivity contribution in [1.82, 2.24) is 4.90 Å². The van der Waals surface area contributed by atoms with Crippen molar-refractivity contribution < 1.29 is 26.7 Å². The van der Waals surface area contributed by atoms with Crippen molar-refractivity contribution in [2.45, 2.75) is 17.9 Å². The smallest absolute Gasteiger partial charge is 0.261 e. The number of nitrogens with zero attached hydrogens (tertiary/aromatic N) is 1. The summed E-state index contributed by atoms with van der Waals surface area (Å²) in [7, 11) is -0.813. The van der Waals surface area contributed by atoms with Crippen molar-refractivity contribution in [3.63, 3.8) is 0 Å². The Morgan fingerprint density at radius 2 is 1.59 bits per heavy atom. The maximum atomic E-state index is 13.5. The molecule has 1 amide bonds. The van der Waals surface area contributed by atoms with Crippen LogP contribution in [0.2, 0.25) is 0 Å². The van der Waals surface area contributed by atoms with Crippen LogP contribution in [0.15, 0.2) is 71.6 Å². The van der Waals surface area contributed by atoms with Crippen LogP contribution in [0.4, 0.5) is 14.5 Å². The van der Waals surface area contributed by atoms with Gasteiger partial charge in [0.1, 0.15) is 5.75 Å². The molecule has 0 fully saturated rings. The fourth-order valence-electron chi connectivity index (χ4n) is 3.03. The van der Waals surface area contributed by atoms with Crippen molar-refractivity contribution in [1.29, 1.82) is 0 Å². The fraction of sp³-hybridized carbons (Fsp3) is 0.174. The SMILES string of the molecule is COc1ccc(NS(=O)(=O)c2ccc(C(=O)N(C)C(C)c3ccc(F)c(F)c3)cc2)cc1. The lowest BCUT2D eigenvalue weighted by molar-refractivity contribution is 0.0742. The molecule has 32 heavy (non-hydrogen) atoms. The Morgan fingerprint density at radius 3 is 2.16 bits per heavy atom. The minimum absolute atomic E-state index is 0.0128. The molecule has 0 aliphatic rings. The monoisotopic (exact) mass is 460 g/mol. The molecule has 0 radical (unpaired) electrons. The van der Waals surface area contributed by atoms with Gasteiger partial charge in [-0.1, -0.05) is 6.07 Å². The molecule has 1 unspecified atom stereocenters. The second kappa shape index (κ2) is 9.35. The van der Waals surface area contributed by atoms with E-state index in [-0.39, 0.29) is 10.5 Å². The summed E-state index contributed by atoms with van der Waals surface area (Å²) in [4.78, 5) is 14.2. The number of hydrogen-bond donors (Lipinski definition) is 1. The minimum atomic E-state index is -3.86. The molecule has 0 aromatic heterocycles. The molecule has 0 saturated heterocycles. The second-order valence-electron chi connectivity index (χ2n) is 7.12. The first-order valence-corrected chi connectivity index (χ1v) is 11.1. The van der Waals surface area contributed by atoms with E-state index in [1.54, 1.807) is 31.2 Å². The van der Waals surface area contributed by atoms with E-state index in [2.05, 4.69) is 4.72 Å². The number of methoxy groups -OCH3 is 1. The summed E-state index contributed by atoms with van der Waals surface area (Å²) < 4.78 is 59.5. The Bertz CT molecular complexity index is 1210. The van der Waals surface area contributed by atoms with Gasteiger partial charge in [0.05, 0.1) is 18.0 Å². The van der Waals surface area contributed by atoms with Gasteiger partial charge in [0.25, 0.3) is 15.9 Å². The molecular weight excluding hydrogens is 438 g/mol. The number of hydrogen-bond acceptors (Lipinski definition) is 4. The quantitative estimate of drug-likeness (QED) is 0.559. The Morgan fingerprint density at radius 1 is 0.969 bits per heavy atom. The normalized spacial score (nSPS) is 12.2. The van der Waals surface area contributed by atoms with Gasteiger partial charge >= 0.3 is 0 Å². The van der Waals surface area contributed by atoms with Crippen LogP contribution >= 0.6 is 0 Å². The van der Waals surface area contributed by atoms with Crippen molar-refractivity contribution >= 4 is 21.6 Å². The first kappa shape index (κ1) is 23.2. The molecule has 0 heterocycles. The third-order valence-corrected chi connectivity index (χ3v) is 6.48. The van der Waals surface area contributed by atoms with Crippen LogP contribution in [0.3, 0.4) is 0 Å². The second-order valence-corrected chi connectivity index (χ2v) is 8.81. The number of anilines is 1. The van der Waals surface area contributed by atoms with Gasteiger partial charge < -0.3 is 9.64 Å². The fourth-order valence-corrected chi connectivity index (χ4v) is 4.08. The Kier molecular flexibility index (Phi) is 6.78. The van der Waals surface area contributed by atoms with E-state index in [0.29, 0.717) is 17.0 Å². The lowest BCUT2D eigenvalue weighted by Gasteiger charge is -2.25. The Labute approximate surface area is 185 Å². The standard InChI is InChI=1S/C23H22F2N2O4S/c1-15(17-6-13-21(24)22(25)14-17)27(2)23(28)16-4-11-20(12-5-16)32(29,30)26-18-7-9-19(31-3)10-8-18/h4-15,26H,1-3H3. The molecule has 0 aliphatic heterocycles. The predicted octanol–water partition coefficient (Wildman–Crippen LogP) is 4.61. The molecule has 1 atom stereocenters. The molecule has 1 N–H and O–H groups in total. The summed E-state index contributed by atoms with van der Waals surface area (Å²) in [5, 5.41) is 0. The molecular formula is C23H22F2N2O4S. The number of halogens is 2. The average molecular weight is 461 g/mol. The topological polar surface area (TPSA) is 75.7 Å². The number of carbonyl (C=O) groups is 1. The Balaban J connectivity index is 1.74. The average Bonchev–Trinajstić information content (AvgIpc) is 2.79. The highest BCUT2D eigenvalue weighted by atomic mass is 32.2. The zero-order chi connectivity index (χ0) is 23.5. The lowest BCUT2D eigenvalue weighted by Crippen LogP contribution is -2.29. The first-order valence-electron chi connectivity index (χ1n) is 9.61. The predicted molar refractivity (Wildman–Crippen MR) is 117 cm³/mol. The summed E-state index contributed by atoms with van der Waals surface area (Å²) in [5.41, 5.74) is 1.05. The maximum absolute atomic E-state index is 13.5. The molecule has 6 nitrogen and oxygen atoms in total. The highest BCUT2D eigenvalue weighted by molar-refractivity contribution is 7.92. The van der Waals surface area contributed by atoms with E-state index in [1.165, 1.54) is 49.4 Å². The Hall–Kier alpha value is -3.46. The van der Waals surface area contributed by atoms with Gasteiger partial charge in [0.2, 0.25) is 0 Å². The van der Waals surface area contributed by atoms with E-state index >= 15 is 0 Å². The van der Waals surface area contributed by atoms with Crippen molar-refractivity contribution in [3.8, 4) is 5.75 Å². The van der Waals surface area contributed by atoms with Crippen LogP contribution in [0.25, 0.3) is 0 Å². The summed E-state index contributed by atoms with van der Waals surface area (Å²) in [6, 6.07) is 14.8. The van der Waals surface area contributed by atoms with E-state index in [4.69, 9.17) is 4.74 Å². The molecule has 0 aliphatic carbocycles. The molecule has 168 valence electrons. The van der Waals surface area contributed by atoms with Gasteiger partial charge in [0.15, 0.2) is 11.6 Å². The molecule has 9 heteroatoms. The maximum Gasteiger partial charge on any atom is 0.261 e. The summed E-state index contributed by atoms with van der Waals surface area (Å²) >= 11 is 0. The van der Waals surface area contributed by atoms with Crippen LogP contribution in [-0.4, -0.2) is 33.4 Å². The van der Waals surface area contributed by atoms with E-state index < -0.39 is 33.6 Å². The first-order chi connectivity index (χ1) is 15.1. The van der Waals surface area contributed by atoms with Gasteiger partial charge in [-0.25, -0.2) is 17.2 Å². The summed E-state index contributed by atoms with van der Waals surface area (Å²) in [6.45, 7) is 1.68. The number of benzene rings is 3. The van der Waals surface area contributed by atoms with Crippen LogP contribution in [0.5, 0.6) is 5.75 Å². The third kappa shape index (κ3) is 5.05. The number of ether oxygens (including phenoxy) is 1. The third-order valence-electron chi connectivity index (χ3n) is 5.08. The van der Waals surface area contributed by atoms with Gasteiger partial charge in [-0.2, -0.15) is 0 Å². The van der Waals surface area contributed by atoms with Crippen LogP contribution in [0.1, 0.15) is 28.9 Å². The number of sulfonamides is 1. The molecule has 3 aromatic carbocycles. The van der Waals surface area contributed by atoms with E-state index in [0.717, 1.165) is 12.1 Å². The summed E-state index contributed by atoms with van der Waals surface area (Å²) in [5.74, 6) is -1.75. The van der Waals surface area contributed by atoms with Crippen molar-refractivity contribution in [2.75, 3.05) is 18.9 Å². The van der Waals surface area contributed by atoms with Crippen LogP contribution < -0.4 is 9.46 Å². The number of amides is 1. The number of nitrogens with one attached hydrogen (secondary N) is 1. The van der Waals surface area contributed by atoms with Crippen molar-refractivity contribution in [2.24, 2.45) is 0 Å². The van der Waals surface area contributed by atoms with E-state index in [1.807, 2.05) is 0 Å². The zero-order valence-corrected chi connectivity index (χ0v) is 18.5. The highest BCUT2D eigenvalue weighted by Gasteiger charge is 2.21. The molecule has 3 rings (SSSR count). The molecule has 3 aromatic rings. The molecule has 0 saturated carbocycles. The largest absolute Gasteiger partial charge is 0.497 e. The van der Waals surface area contributed by atoms with Crippen LogP contribution in [0, 0.1) is 11.6 Å². The van der Waals surface area contributed by atoms with Gasteiger partial charge in [-0.05, 0) is 73.2 Å². The van der Waals surface area contributed by atoms with E-state index in [9.17, 15) is 22.0 Å². The zero-order valence-electron chi connectivity index (χ0n) is 17.7. The molecule has 0 spiro atoms. The van der Waals surface area contributed by atoms with Crippen molar-refractivity contribution in [3.05, 3.63) is 89.5 Å².